The van der Waals surface area contributed by atoms with E-state index in [1.807, 2.05) is 45.9 Å². The van der Waals surface area contributed by atoms with Gasteiger partial charge in [0, 0.05) is 12.0 Å². The van der Waals surface area contributed by atoms with Crippen LogP contribution in [-0.2, 0) is 20.7 Å². The average molecular weight is 621 g/mol. The van der Waals surface area contributed by atoms with E-state index in [0.717, 1.165) is 81.0 Å². The van der Waals surface area contributed by atoms with Crippen LogP contribution in [0.25, 0.3) is 11.0 Å². The van der Waals surface area contributed by atoms with Gasteiger partial charge in [0.1, 0.15) is 36.0 Å². The quantitative estimate of drug-likeness (QED) is 0.427. The van der Waals surface area contributed by atoms with Gasteiger partial charge in [0.25, 0.3) is 0 Å². The highest BCUT2D eigenvalue weighted by Crippen LogP contribution is 2.36. The van der Waals surface area contributed by atoms with Crippen LogP contribution in [0, 0.1) is 17.3 Å². The topological polar surface area (TPSA) is 120 Å². The summed E-state index contributed by atoms with van der Waals surface area (Å²) < 4.78 is 18.6. The van der Waals surface area contributed by atoms with Crippen molar-refractivity contribution in [1.29, 1.82) is 0 Å². The molecule has 45 heavy (non-hydrogen) atoms. The third-order valence-corrected chi connectivity index (χ3v) is 10.0. The molecule has 10 heteroatoms. The molecule has 3 fully saturated rings. The lowest BCUT2D eigenvalue weighted by molar-refractivity contribution is -0.139. The van der Waals surface area contributed by atoms with Crippen molar-refractivity contribution < 1.29 is 28.6 Å². The molecule has 2 aromatic rings. The second-order valence-corrected chi connectivity index (χ2v) is 14.5. The molecule has 4 aliphatic rings. The number of carbonyl (C=O) groups is 3. The van der Waals surface area contributed by atoms with Gasteiger partial charge in [-0.2, -0.15) is 0 Å². The van der Waals surface area contributed by atoms with E-state index < -0.39 is 29.7 Å². The molecule has 0 spiro atoms. The summed E-state index contributed by atoms with van der Waals surface area (Å²) in [5.74, 6) is 0.995. The molecule has 1 aromatic carbocycles. The van der Waals surface area contributed by atoms with Gasteiger partial charge in [-0.15, -0.1) is 0 Å². The lowest BCUT2D eigenvalue weighted by atomic mass is 9.85. The molecule has 2 aliphatic carbocycles. The van der Waals surface area contributed by atoms with Crippen molar-refractivity contribution >= 4 is 29.3 Å². The van der Waals surface area contributed by atoms with Crippen molar-refractivity contribution in [2.24, 2.45) is 17.3 Å². The number of aromatic nitrogens is 2. The second kappa shape index (κ2) is 13.1. The average Bonchev–Trinajstić information content (AvgIpc) is 3.59. The van der Waals surface area contributed by atoms with Crippen LogP contribution in [0.15, 0.2) is 18.2 Å². The van der Waals surface area contributed by atoms with Crippen molar-refractivity contribution in [3.05, 3.63) is 23.9 Å². The number of aldehydes is 1. The number of rotatable bonds is 4. The molecule has 244 valence electrons. The lowest BCUT2D eigenvalue weighted by Gasteiger charge is -2.35. The van der Waals surface area contributed by atoms with Gasteiger partial charge < -0.3 is 29.2 Å². The summed E-state index contributed by atoms with van der Waals surface area (Å²) in [5.41, 5.74) is 1.67. The summed E-state index contributed by atoms with van der Waals surface area (Å²) in [6, 6.07) is 4.27. The van der Waals surface area contributed by atoms with Crippen molar-refractivity contribution in [2.75, 3.05) is 6.54 Å². The van der Waals surface area contributed by atoms with Crippen LogP contribution in [0.3, 0.4) is 0 Å². The molecule has 2 saturated carbocycles. The summed E-state index contributed by atoms with van der Waals surface area (Å²) in [4.78, 5) is 51.5. The maximum absolute atomic E-state index is 14.2. The first kappa shape index (κ1) is 31.5. The first-order valence-corrected chi connectivity index (χ1v) is 17.0. The first-order chi connectivity index (χ1) is 21.6. The fraction of sp³-hybridized carbons (Fsp3) is 0.686. The van der Waals surface area contributed by atoms with Crippen LogP contribution >= 0.6 is 0 Å². The van der Waals surface area contributed by atoms with Gasteiger partial charge in [-0.3, -0.25) is 4.79 Å². The summed E-state index contributed by atoms with van der Waals surface area (Å²) in [6.45, 7) is 7.95. The van der Waals surface area contributed by atoms with Crippen LogP contribution in [0.2, 0.25) is 0 Å². The second-order valence-electron chi connectivity index (χ2n) is 14.5. The molecule has 2 amide bonds. The maximum atomic E-state index is 14.2. The Hall–Kier alpha value is -3.43. The van der Waals surface area contributed by atoms with Crippen molar-refractivity contribution in [1.82, 2.24) is 20.2 Å². The van der Waals surface area contributed by atoms with Crippen LogP contribution < -0.4 is 14.8 Å². The van der Waals surface area contributed by atoms with Crippen LogP contribution in [0.5, 0.6) is 11.6 Å². The standard InChI is InChI=1S/C35H48N4O6/c1-5-24-28(20-40)39-19-30(24)44-32-26(36-25-17-16-23(18-27(25)37-32)43-22-14-15-22)12-8-6-7-10-21-11-9-13-29(21)45-34(42)38-31(33(39)41)35(2,3)4/h16-18,20-22,24,28-31H,5-15,19H2,1-4H3,(H,38,42)/t21-,24+,28-,29-,30+,31-/m1/s1. The third kappa shape index (κ3) is 7.04. The Morgan fingerprint density at radius 2 is 1.78 bits per heavy atom. The number of nitrogens with zero attached hydrogens (tertiary/aromatic N) is 3. The van der Waals surface area contributed by atoms with Gasteiger partial charge in [0.05, 0.1) is 29.7 Å². The molecule has 2 aliphatic heterocycles. The number of aryl methyl sites for hydroxylation is 1. The van der Waals surface area contributed by atoms with Crippen LogP contribution in [0.4, 0.5) is 4.79 Å². The molecular weight excluding hydrogens is 572 g/mol. The van der Waals surface area contributed by atoms with E-state index in [0.29, 0.717) is 30.2 Å². The zero-order valence-electron chi connectivity index (χ0n) is 27.1. The molecule has 10 nitrogen and oxygen atoms in total. The molecule has 6 atom stereocenters. The highest BCUT2D eigenvalue weighted by molar-refractivity contribution is 5.89. The predicted octanol–water partition coefficient (Wildman–Crippen LogP) is 5.78. The van der Waals surface area contributed by atoms with E-state index in [4.69, 9.17) is 24.2 Å². The van der Waals surface area contributed by atoms with Gasteiger partial charge in [0.15, 0.2) is 0 Å². The zero-order chi connectivity index (χ0) is 31.7. The molecule has 3 heterocycles. The summed E-state index contributed by atoms with van der Waals surface area (Å²) >= 11 is 0. The van der Waals surface area contributed by atoms with Crippen LogP contribution in [0.1, 0.15) is 97.6 Å². The van der Waals surface area contributed by atoms with E-state index in [2.05, 4.69) is 5.32 Å². The lowest BCUT2D eigenvalue weighted by Crippen LogP contribution is -2.56. The Balaban J connectivity index is 1.35. The smallest absolute Gasteiger partial charge is 0.408 e. The minimum atomic E-state index is -0.872. The Bertz CT molecular complexity index is 1400. The normalized spacial score (nSPS) is 29.9. The van der Waals surface area contributed by atoms with E-state index in [1.54, 1.807) is 4.90 Å². The maximum Gasteiger partial charge on any atom is 0.408 e. The summed E-state index contributed by atoms with van der Waals surface area (Å²) in [5, 5.41) is 2.90. The number of nitrogens with one attached hydrogen (secondary N) is 1. The van der Waals surface area contributed by atoms with Crippen molar-refractivity contribution in [2.45, 2.75) is 129 Å². The number of ether oxygens (including phenoxy) is 3. The van der Waals surface area contributed by atoms with E-state index in [9.17, 15) is 14.4 Å². The van der Waals surface area contributed by atoms with Gasteiger partial charge in [-0.05, 0) is 81.3 Å². The Kier molecular flexibility index (Phi) is 9.20. The van der Waals surface area contributed by atoms with Crippen LogP contribution in [-0.4, -0.2) is 70.1 Å². The van der Waals surface area contributed by atoms with Crippen molar-refractivity contribution in [3.8, 4) is 11.6 Å². The fourth-order valence-corrected chi connectivity index (χ4v) is 7.32. The van der Waals surface area contributed by atoms with Gasteiger partial charge >= 0.3 is 6.09 Å². The van der Waals surface area contributed by atoms with E-state index >= 15 is 0 Å². The van der Waals surface area contributed by atoms with E-state index in [1.165, 1.54) is 0 Å². The SMILES string of the molecule is CC[C@@H]1[C@@H]2CN(C(=O)[C@H](C(C)(C)C)NC(=O)O[C@@H]3CCC[C@H]3CCCCCc3nc4ccc(OC5CC5)cc4nc3O2)[C@@H]1C=O. The fourth-order valence-electron chi connectivity index (χ4n) is 7.32. The number of hydrogen-bond acceptors (Lipinski definition) is 8. The summed E-state index contributed by atoms with van der Waals surface area (Å²) in [6.07, 6.45) is 10.3. The zero-order valence-corrected chi connectivity index (χ0v) is 27.1. The molecule has 1 aromatic heterocycles. The first-order valence-electron chi connectivity index (χ1n) is 17.0. The van der Waals surface area contributed by atoms with Gasteiger partial charge in [0.2, 0.25) is 11.8 Å². The third-order valence-electron chi connectivity index (χ3n) is 10.0. The number of carbonyl (C=O) groups excluding carboxylic acids is 3. The molecule has 1 N–H and O–H groups in total. The van der Waals surface area contributed by atoms with Crippen molar-refractivity contribution in [3.63, 3.8) is 0 Å². The largest absolute Gasteiger partial charge is 0.490 e. The van der Waals surface area contributed by atoms with Gasteiger partial charge in [-0.1, -0.05) is 40.5 Å². The number of alkyl carbamates (subject to hydrolysis) is 1. The molecule has 6 rings (SSSR count). The molecule has 0 unspecified atom stereocenters. The Labute approximate surface area is 266 Å². The van der Waals surface area contributed by atoms with E-state index in [-0.39, 0.29) is 30.6 Å². The monoisotopic (exact) mass is 620 g/mol. The Morgan fingerprint density at radius 1 is 0.978 bits per heavy atom. The summed E-state index contributed by atoms with van der Waals surface area (Å²) in [7, 11) is 0. The Morgan fingerprint density at radius 3 is 2.51 bits per heavy atom. The number of hydrogen-bond donors (Lipinski definition) is 1. The molecule has 0 radical (unpaired) electrons. The highest BCUT2D eigenvalue weighted by atomic mass is 16.6. The highest BCUT2D eigenvalue weighted by Gasteiger charge is 2.48. The molecule has 1 saturated heterocycles. The van der Waals surface area contributed by atoms with Gasteiger partial charge in [-0.25, -0.2) is 14.8 Å². The number of fused-ring (bicyclic) bond motifs is 5. The molecule has 2 bridgehead atoms. The molecular formula is C35H48N4O6. The predicted molar refractivity (Wildman–Crippen MR) is 169 cm³/mol. The number of benzene rings is 1. The minimum Gasteiger partial charge on any atom is -0.490 e. The minimum absolute atomic E-state index is 0.150. The number of amides is 2.